The van der Waals surface area contributed by atoms with Gasteiger partial charge < -0.3 is 54.5 Å². The van der Waals surface area contributed by atoms with Crippen molar-refractivity contribution in [3.8, 4) is 5.75 Å². The second-order valence-electron chi connectivity index (χ2n) is 12.3. The topological polar surface area (TPSA) is 264 Å². The molecule has 260 valence electrons. The number of esters is 3. The van der Waals surface area contributed by atoms with Gasteiger partial charge in [0.05, 0.1) is 36.9 Å². The second-order valence-corrected chi connectivity index (χ2v) is 12.3. The lowest BCUT2D eigenvalue weighted by Crippen LogP contribution is -2.69. The summed E-state index contributed by atoms with van der Waals surface area (Å²) in [6.07, 6.45) is -8.08. The minimum atomic E-state index is -2.24. The first-order valence-electron chi connectivity index (χ1n) is 15.1. The molecule has 0 aromatic heterocycles. The van der Waals surface area contributed by atoms with E-state index < -0.39 is 90.5 Å². The molecule has 6 N–H and O–H groups in total. The van der Waals surface area contributed by atoms with Gasteiger partial charge in [-0.05, 0) is 44.5 Å². The van der Waals surface area contributed by atoms with Gasteiger partial charge in [-0.15, -0.1) is 0 Å². The minimum absolute atomic E-state index is 0.0325. The molecule has 2 aliphatic carbocycles. The first-order chi connectivity index (χ1) is 22.6. The molecule has 0 radical (unpaired) electrons. The van der Waals surface area contributed by atoms with Gasteiger partial charge >= 0.3 is 35.8 Å². The van der Waals surface area contributed by atoms with Gasteiger partial charge in [0.25, 0.3) is 0 Å². The average Bonchev–Trinajstić information content (AvgIpc) is 3.35. The van der Waals surface area contributed by atoms with E-state index in [4.69, 9.17) is 29.2 Å². The fraction of sp³-hybridized carbons (Fsp3) is 0.548. The predicted octanol–water partition coefficient (Wildman–Crippen LogP) is -1.00. The fourth-order valence-electron chi connectivity index (χ4n) is 7.39. The summed E-state index contributed by atoms with van der Waals surface area (Å²) in [5, 5.41) is 59.3. The van der Waals surface area contributed by atoms with Crippen molar-refractivity contribution in [3.63, 3.8) is 0 Å². The number of rotatable bonds is 13. The molecule has 2 bridgehead atoms. The van der Waals surface area contributed by atoms with Crippen LogP contribution in [0, 0.1) is 0 Å². The number of likely N-dealkylation sites (N-methyl/N-ethyl adjacent to an activating group) is 1. The molecule has 0 saturated carbocycles. The van der Waals surface area contributed by atoms with Gasteiger partial charge in [-0.1, -0.05) is 12.1 Å². The molecule has 17 heteroatoms. The minimum Gasteiger partial charge on any atom is -0.481 e. The van der Waals surface area contributed by atoms with Gasteiger partial charge in [-0.2, -0.15) is 0 Å². The van der Waals surface area contributed by atoms with Gasteiger partial charge in [-0.25, -0.2) is 14.4 Å². The summed E-state index contributed by atoms with van der Waals surface area (Å²) in [4.78, 5) is 74.3. The maximum atomic E-state index is 13.4. The van der Waals surface area contributed by atoms with Crippen molar-refractivity contribution in [2.75, 3.05) is 13.6 Å². The molecule has 0 amide bonds. The molecule has 1 aromatic carbocycles. The van der Waals surface area contributed by atoms with E-state index in [-0.39, 0.29) is 24.8 Å². The lowest BCUT2D eigenvalue weighted by Gasteiger charge is -2.56. The van der Waals surface area contributed by atoms with E-state index in [1.54, 1.807) is 6.07 Å². The number of carboxylic acids is 3. The molecule has 48 heavy (non-hydrogen) atoms. The quantitative estimate of drug-likeness (QED) is 0.108. The summed E-state index contributed by atoms with van der Waals surface area (Å²) < 4.78 is 21.7. The molecular formula is C31H35NO16. The van der Waals surface area contributed by atoms with Gasteiger partial charge in [0.2, 0.25) is 12.2 Å². The van der Waals surface area contributed by atoms with Crippen LogP contribution in [0.25, 0.3) is 0 Å². The van der Waals surface area contributed by atoms with Crippen LogP contribution in [-0.4, -0.2) is 121 Å². The molecule has 2 heterocycles. The summed E-state index contributed by atoms with van der Waals surface area (Å²) >= 11 is 0. The van der Waals surface area contributed by atoms with Crippen molar-refractivity contribution >= 4 is 35.8 Å². The lowest BCUT2D eigenvalue weighted by atomic mass is 9.52. The van der Waals surface area contributed by atoms with E-state index in [2.05, 4.69) is 4.90 Å². The molecule has 1 spiro atoms. The summed E-state index contributed by atoms with van der Waals surface area (Å²) in [6, 6.07) is 3.29. The molecule has 17 nitrogen and oxygen atoms in total. The van der Waals surface area contributed by atoms with Crippen LogP contribution < -0.4 is 4.74 Å². The first-order valence-corrected chi connectivity index (χ1v) is 15.1. The van der Waals surface area contributed by atoms with Gasteiger partial charge in [0, 0.05) is 23.6 Å². The summed E-state index contributed by atoms with van der Waals surface area (Å²) in [7, 11) is 1.92. The Balaban J connectivity index is 1.43. The maximum Gasteiger partial charge on any atom is 0.348 e. The molecule has 1 saturated heterocycles. The Hall–Kier alpha value is -4.58. The summed E-state index contributed by atoms with van der Waals surface area (Å²) in [5.41, 5.74) is -0.360. The van der Waals surface area contributed by atoms with E-state index >= 15 is 0 Å². The smallest absolute Gasteiger partial charge is 0.348 e. The largest absolute Gasteiger partial charge is 0.481 e. The third-order valence-electron chi connectivity index (χ3n) is 9.51. The standard InChI is InChI=1S/C31H35NO16/c1-32-8-2-6-30-24-14-3-4-15(13-33)25(24)48-26(30)17(5-7-31(30,44)20(32)9-14)45-23(38)12-19(46-22(37)10-16(34)27(39)40)29(43)47-18(28(41)42)11-21(35)36/h3-5,16,18-20,26,33-34,44H,2,6-13H2,1H3,(H,35,36)(H,39,40)(H,41,42)/t16-,18+,19-,20+,26-,30-,31+/m0/s1. The Bertz CT molecular complexity index is 1570. The van der Waals surface area contributed by atoms with E-state index in [0.29, 0.717) is 37.1 Å². The third kappa shape index (κ3) is 5.98. The summed E-state index contributed by atoms with van der Waals surface area (Å²) in [5.74, 6) is -9.27. The van der Waals surface area contributed by atoms with Crippen molar-refractivity contribution < 1.29 is 78.4 Å². The van der Waals surface area contributed by atoms with Crippen LogP contribution in [0.3, 0.4) is 0 Å². The van der Waals surface area contributed by atoms with Gasteiger partial charge in [0.1, 0.15) is 11.5 Å². The number of ether oxygens (including phenoxy) is 4. The zero-order chi connectivity index (χ0) is 35.1. The number of aliphatic hydroxyl groups is 3. The van der Waals surface area contributed by atoms with Crippen LogP contribution in [0.5, 0.6) is 5.75 Å². The normalized spacial score (nSPS) is 27.1. The van der Waals surface area contributed by atoms with Crippen molar-refractivity contribution in [1.29, 1.82) is 0 Å². The Morgan fingerprint density at radius 1 is 1.00 bits per heavy atom. The number of hydrogen-bond donors (Lipinski definition) is 6. The van der Waals surface area contributed by atoms with Crippen LogP contribution in [0.4, 0.5) is 0 Å². The summed E-state index contributed by atoms with van der Waals surface area (Å²) in [6.45, 7) is 0.300. The number of carboxylic acid groups (broad SMARTS) is 3. The van der Waals surface area contributed by atoms with E-state index in [9.17, 15) is 49.2 Å². The van der Waals surface area contributed by atoms with Crippen LogP contribution in [0.2, 0.25) is 0 Å². The molecule has 1 fully saturated rings. The molecular weight excluding hydrogens is 642 g/mol. The second kappa shape index (κ2) is 13.1. The Morgan fingerprint density at radius 2 is 1.73 bits per heavy atom. The molecule has 7 atom stereocenters. The number of aliphatic carboxylic acids is 3. The first kappa shape index (κ1) is 34.7. The van der Waals surface area contributed by atoms with Gasteiger partial charge in [-0.3, -0.25) is 14.4 Å². The Kier molecular flexibility index (Phi) is 9.51. The number of nitrogens with zero attached hydrogens (tertiary/aromatic N) is 1. The zero-order valence-corrected chi connectivity index (χ0v) is 25.7. The number of hydrogen-bond acceptors (Lipinski definition) is 14. The monoisotopic (exact) mass is 677 g/mol. The van der Waals surface area contributed by atoms with E-state index in [0.717, 1.165) is 11.1 Å². The average molecular weight is 678 g/mol. The van der Waals surface area contributed by atoms with E-state index in [1.807, 2.05) is 13.1 Å². The maximum absolute atomic E-state index is 13.4. The SMILES string of the molecule is CN1CCC[C@]23c4c5ccc(CO)c4O[C@H]2C(OC(=O)C[C@H](OC(=O)C[C@H](O)C(=O)O)C(=O)O[C@H](CC(=O)O)C(=O)O)=CC[C@@]3(O)[C@H]1C5. The molecule has 1 aromatic rings. The molecule has 2 aliphatic heterocycles. The fourth-order valence-corrected chi connectivity index (χ4v) is 7.39. The molecule has 0 unspecified atom stereocenters. The highest BCUT2D eigenvalue weighted by Gasteiger charge is 2.70. The van der Waals surface area contributed by atoms with Crippen LogP contribution in [0.1, 0.15) is 55.2 Å². The Labute approximate surface area is 272 Å². The highest BCUT2D eigenvalue weighted by Crippen LogP contribution is 2.64. The molecule has 4 aliphatic rings. The highest BCUT2D eigenvalue weighted by atomic mass is 16.6. The number of aliphatic hydroxyl groups excluding tert-OH is 2. The predicted molar refractivity (Wildman–Crippen MR) is 154 cm³/mol. The van der Waals surface area contributed by atoms with Crippen LogP contribution >= 0.6 is 0 Å². The van der Waals surface area contributed by atoms with Crippen molar-refractivity contribution in [2.24, 2.45) is 0 Å². The van der Waals surface area contributed by atoms with E-state index in [1.165, 1.54) is 6.08 Å². The highest BCUT2D eigenvalue weighted by molar-refractivity contribution is 5.88. The van der Waals surface area contributed by atoms with Gasteiger partial charge in [0.15, 0.2) is 12.2 Å². The van der Waals surface area contributed by atoms with Crippen molar-refractivity contribution in [2.45, 2.75) is 93.0 Å². The number of carbonyl (C=O) groups excluding carboxylic acids is 3. The molecule has 5 rings (SSSR count). The number of likely N-dealkylation sites (tertiary alicyclic amines) is 1. The lowest BCUT2D eigenvalue weighted by molar-refractivity contribution is -0.182. The number of carbonyl (C=O) groups is 6. The van der Waals surface area contributed by atoms with Crippen molar-refractivity contribution in [1.82, 2.24) is 4.90 Å². The third-order valence-corrected chi connectivity index (χ3v) is 9.51. The van der Waals surface area contributed by atoms with Crippen LogP contribution in [0.15, 0.2) is 24.0 Å². The zero-order valence-electron chi connectivity index (χ0n) is 25.7. The van der Waals surface area contributed by atoms with Crippen molar-refractivity contribution in [3.05, 3.63) is 40.7 Å². The van der Waals surface area contributed by atoms with Crippen LogP contribution in [-0.2, 0) is 61.4 Å². The Morgan fingerprint density at radius 3 is 2.38 bits per heavy atom. The number of benzene rings is 1.